The van der Waals surface area contributed by atoms with E-state index in [0.717, 1.165) is 47.1 Å². The fraction of sp³-hybridized carbons (Fsp3) is 0.300. The van der Waals surface area contributed by atoms with E-state index in [1.807, 2.05) is 30.5 Å². The zero-order valence-corrected chi connectivity index (χ0v) is 14.4. The van der Waals surface area contributed by atoms with E-state index in [-0.39, 0.29) is 17.9 Å². The highest BCUT2D eigenvalue weighted by atomic mass is 16.1. The molecular formula is C20H21N5O. The number of carbonyl (C=O) groups excluding carboxylic acids is 1. The molecule has 132 valence electrons. The number of rotatable bonds is 5. The van der Waals surface area contributed by atoms with Gasteiger partial charge in [-0.25, -0.2) is 0 Å². The minimum atomic E-state index is -0.209. The number of primary amides is 1. The molecule has 0 unspecified atom stereocenters. The highest BCUT2D eigenvalue weighted by Crippen LogP contribution is 2.26. The Hall–Kier alpha value is -2.86. The van der Waals surface area contributed by atoms with Gasteiger partial charge in [0, 0.05) is 31.2 Å². The van der Waals surface area contributed by atoms with Crippen LogP contribution in [0.3, 0.4) is 0 Å². The molecule has 0 aliphatic heterocycles. The van der Waals surface area contributed by atoms with Crippen molar-refractivity contribution in [1.82, 2.24) is 20.3 Å². The van der Waals surface area contributed by atoms with Crippen LogP contribution < -0.4 is 11.1 Å². The summed E-state index contributed by atoms with van der Waals surface area (Å²) in [5, 5.41) is 3.45. The molecule has 3 aromatic rings. The lowest BCUT2D eigenvalue weighted by Gasteiger charge is -2.18. The molecule has 6 nitrogen and oxygen atoms in total. The predicted molar refractivity (Wildman–Crippen MR) is 99.9 cm³/mol. The number of hydrogen-bond acceptors (Lipinski definition) is 5. The first-order chi connectivity index (χ1) is 12.7. The van der Waals surface area contributed by atoms with Crippen LogP contribution in [0.25, 0.3) is 22.2 Å². The molecule has 3 N–H and O–H groups in total. The quantitative estimate of drug-likeness (QED) is 0.739. The summed E-state index contributed by atoms with van der Waals surface area (Å²) in [6, 6.07) is 10.3. The zero-order chi connectivity index (χ0) is 17.9. The Bertz CT molecular complexity index is 942. The zero-order valence-electron chi connectivity index (χ0n) is 14.4. The van der Waals surface area contributed by atoms with Crippen molar-refractivity contribution < 1.29 is 4.79 Å². The molecule has 26 heavy (non-hydrogen) atoms. The van der Waals surface area contributed by atoms with Crippen LogP contribution in [0, 0.1) is 5.92 Å². The van der Waals surface area contributed by atoms with E-state index in [1.165, 1.54) is 0 Å². The van der Waals surface area contributed by atoms with E-state index in [9.17, 15) is 4.79 Å². The molecule has 1 fully saturated rings. The van der Waals surface area contributed by atoms with E-state index in [2.05, 4.69) is 26.3 Å². The number of hydrogen-bond donors (Lipinski definition) is 2. The molecule has 1 amide bonds. The molecule has 6 heteroatoms. The summed E-state index contributed by atoms with van der Waals surface area (Å²) in [5.41, 5.74) is 10.4. The van der Waals surface area contributed by atoms with Gasteiger partial charge in [0.1, 0.15) is 0 Å². The van der Waals surface area contributed by atoms with Crippen LogP contribution in [0.4, 0.5) is 0 Å². The van der Waals surface area contributed by atoms with Crippen LogP contribution in [0.1, 0.15) is 25.0 Å². The number of nitrogens with two attached hydrogens (primary N) is 1. The largest absolute Gasteiger partial charge is 0.369 e. The number of amides is 1. The van der Waals surface area contributed by atoms with Crippen LogP contribution in [-0.2, 0) is 11.3 Å². The average molecular weight is 347 g/mol. The van der Waals surface area contributed by atoms with Gasteiger partial charge in [0.05, 0.1) is 22.6 Å². The third-order valence-corrected chi connectivity index (χ3v) is 5.05. The van der Waals surface area contributed by atoms with Gasteiger partial charge in [-0.2, -0.15) is 0 Å². The number of aromatic nitrogens is 3. The lowest BCUT2D eigenvalue weighted by Crippen LogP contribution is -2.39. The smallest absolute Gasteiger partial charge is 0.222 e. The van der Waals surface area contributed by atoms with E-state index in [1.54, 1.807) is 12.4 Å². The maximum absolute atomic E-state index is 11.5. The Labute approximate surface area is 151 Å². The third kappa shape index (κ3) is 3.41. The van der Waals surface area contributed by atoms with E-state index >= 15 is 0 Å². The molecule has 2 aromatic heterocycles. The molecule has 4 rings (SSSR count). The average Bonchev–Trinajstić information content (AvgIpc) is 3.15. The van der Waals surface area contributed by atoms with Crippen LogP contribution in [-0.4, -0.2) is 26.9 Å². The van der Waals surface area contributed by atoms with Crippen molar-refractivity contribution in [3.63, 3.8) is 0 Å². The normalized spacial score (nSPS) is 19.7. The number of carbonyl (C=O) groups is 1. The van der Waals surface area contributed by atoms with Gasteiger partial charge in [0.2, 0.25) is 5.91 Å². The molecule has 0 saturated heterocycles. The van der Waals surface area contributed by atoms with Gasteiger partial charge in [0.25, 0.3) is 0 Å². The summed E-state index contributed by atoms with van der Waals surface area (Å²) in [5.74, 6) is -0.281. The maximum atomic E-state index is 11.5. The van der Waals surface area contributed by atoms with Crippen molar-refractivity contribution in [3.8, 4) is 11.1 Å². The number of pyridine rings is 1. The molecule has 1 saturated carbocycles. The number of nitrogens with one attached hydrogen (secondary N) is 1. The summed E-state index contributed by atoms with van der Waals surface area (Å²) >= 11 is 0. The molecule has 1 aliphatic rings. The van der Waals surface area contributed by atoms with Crippen LogP contribution in [0.15, 0.2) is 48.9 Å². The summed E-state index contributed by atoms with van der Waals surface area (Å²) in [6.45, 7) is 0.621. The Morgan fingerprint density at radius 3 is 2.65 bits per heavy atom. The van der Waals surface area contributed by atoms with Gasteiger partial charge >= 0.3 is 0 Å². The molecule has 0 spiro atoms. The standard InChI is InChI=1S/C20H21N5O/c21-20(26)16-2-1-3-17(16)25-12-15-10-14(6-7-22-15)13-4-5-18-19(11-13)24-9-8-23-18/h4-11,16-17,25H,1-3,12H2,(H2,21,26)/t16-,17+/m1/s1. The summed E-state index contributed by atoms with van der Waals surface area (Å²) < 4.78 is 0. The Balaban J connectivity index is 1.51. The summed E-state index contributed by atoms with van der Waals surface area (Å²) in [4.78, 5) is 24.7. The molecule has 0 bridgehead atoms. The SMILES string of the molecule is NC(=O)[C@@H]1CCC[C@@H]1NCc1cc(-c2ccc3nccnc3c2)ccn1. The highest BCUT2D eigenvalue weighted by molar-refractivity contribution is 5.81. The van der Waals surface area contributed by atoms with Gasteiger partial charge < -0.3 is 11.1 Å². The lowest BCUT2D eigenvalue weighted by atomic mass is 10.0. The first-order valence-electron chi connectivity index (χ1n) is 8.89. The van der Waals surface area contributed by atoms with Gasteiger partial charge in [0.15, 0.2) is 0 Å². The monoisotopic (exact) mass is 347 g/mol. The maximum Gasteiger partial charge on any atom is 0.222 e. The highest BCUT2D eigenvalue weighted by Gasteiger charge is 2.30. The van der Waals surface area contributed by atoms with Crippen molar-refractivity contribution >= 4 is 16.9 Å². The minimum Gasteiger partial charge on any atom is -0.369 e. The lowest BCUT2D eigenvalue weighted by molar-refractivity contribution is -0.122. The fourth-order valence-electron chi connectivity index (χ4n) is 3.68. The van der Waals surface area contributed by atoms with Crippen LogP contribution in [0.5, 0.6) is 0 Å². The van der Waals surface area contributed by atoms with E-state index in [4.69, 9.17) is 5.73 Å². The van der Waals surface area contributed by atoms with E-state index < -0.39 is 0 Å². The Morgan fingerprint density at radius 1 is 1.00 bits per heavy atom. The second-order valence-electron chi connectivity index (χ2n) is 6.72. The molecule has 0 radical (unpaired) electrons. The fourth-order valence-corrected chi connectivity index (χ4v) is 3.68. The van der Waals surface area contributed by atoms with Crippen molar-refractivity contribution in [2.45, 2.75) is 31.8 Å². The van der Waals surface area contributed by atoms with Gasteiger partial charge in [-0.3, -0.25) is 19.7 Å². The molecule has 2 heterocycles. The molecule has 1 aromatic carbocycles. The number of benzene rings is 1. The van der Waals surface area contributed by atoms with Crippen molar-refractivity contribution in [2.75, 3.05) is 0 Å². The predicted octanol–water partition coefficient (Wildman–Crippen LogP) is 2.44. The first kappa shape index (κ1) is 16.6. The number of nitrogens with zero attached hydrogens (tertiary/aromatic N) is 3. The molecular weight excluding hydrogens is 326 g/mol. The van der Waals surface area contributed by atoms with Crippen molar-refractivity contribution in [1.29, 1.82) is 0 Å². The van der Waals surface area contributed by atoms with Gasteiger partial charge in [-0.05, 0) is 48.2 Å². The minimum absolute atomic E-state index is 0.0720. The van der Waals surface area contributed by atoms with Crippen LogP contribution in [0.2, 0.25) is 0 Å². The third-order valence-electron chi connectivity index (χ3n) is 5.05. The summed E-state index contributed by atoms with van der Waals surface area (Å²) in [7, 11) is 0. The molecule has 2 atom stereocenters. The Morgan fingerprint density at radius 2 is 1.81 bits per heavy atom. The Kier molecular flexibility index (Phi) is 4.58. The second-order valence-corrected chi connectivity index (χ2v) is 6.72. The number of fused-ring (bicyclic) bond motifs is 1. The second kappa shape index (κ2) is 7.17. The molecule has 1 aliphatic carbocycles. The van der Waals surface area contributed by atoms with Gasteiger partial charge in [-0.1, -0.05) is 12.5 Å². The van der Waals surface area contributed by atoms with Crippen molar-refractivity contribution in [2.24, 2.45) is 11.7 Å². The van der Waals surface area contributed by atoms with Crippen LogP contribution >= 0.6 is 0 Å². The van der Waals surface area contributed by atoms with Gasteiger partial charge in [-0.15, -0.1) is 0 Å². The summed E-state index contributed by atoms with van der Waals surface area (Å²) in [6.07, 6.45) is 8.10. The topological polar surface area (TPSA) is 93.8 Å². The first-order valence-corrected chi connectivity index (χ1v) is 8.89. The van der Waals surface area contributed by atoms with Crippen molar-refractivity contribution in [3.05, 3.63) is 54.6 Å². The van der Waals surface area contributed by atoms with E-state index in [0.29, 0.717) is 6.54 Å².